The standard InChI is InChI=1S/C23H37N3O5/c1-7-10-26-12-16(2)21(30-6)13-25(4)23(28)19-9-8-18(24-22(27)15-29-5)11-20(19)31-14-17(26)3/h8-9,11,16-17,21H,7,10,12-15H2,1-6H3,(H,24,27)/t16-,17+,21+/m1/s1. The monoisotopic (exact) mass is 435 g/mol. The summed E-state index contributed by atoms with van der Waals surface area (Å²) in [4.78, 5) is 29.2. The van der Waals surface area contributed by atoms with Gasteiger partial charge < -0.3 is 24.4 Å². The van der Waals surface area contributed by atoms with Gasteiger partial charge in [-0.25, -0.2) is 0 Å². The number of amides is 2. The van der Waals surface area contributed by atoms with Gasteiger partial charge in [0.1, 0.15) is 19.0 Å². The van der Waals surface area contributed by atoms with Crippen LogP contribution in [0.1, 0.15) is 37.6 Å². The van der Waals surface area contributed by atoms with Gasteiger partial charge in [-0.05, 0) is 37.9 Å². The molecule has 1 aliphatic rings. The fourth-order valence-electron chi connectivity index (χ4n) is 3.85. The predicted octanol–water partition coefficient (Wildman–Crippen LogP) is 2.49. The van der Waals surface area contributed by atoms with Crippen LogP contribution in [0, 0.1) is 5.92 Å². The molecular weight excluding hydrogens is 398 g/mol. The van der Waals surface area contributed by atoms with Crippen molar-refractivity contribution < 1.29 is 23.8 Å². The molecule has 1 heterocycles. The van der Waals surface area contributed by atoms with Gasteiger partial charge in [-0.15, -0.1) is 0 Å². The third-order valence-electron chi connectivity index (χ3n) is 5.65. The minimum Gasteiger partial charge on any atom is -0.491 e. The van der Waals surface area contributed by atoms with Crippen LogP contribution in [0.2, 0.25) is 0 Å². The van der Waals surface area contributed by atoms with Gasteiger partial charge in [-0.1, -0.05) is 13.8 Å². The third kappa shape index (κ3) is 6.92. The Kier molecular flexibility index (Phi) is 9.74. The fourth-order valence-corrected chi connectivity index (χ4v) is 3.85. The van der Waals surface area contributed by atoms with Crippen molar-refractivity contribution in [2.45, 2.75) is 39.3 Å². The first kappa shape index (κ1) is 25.1. The summed E-state index contributed by atoms with van der Waals surface area (Å²) in [7, 11) is 4.94. The van der Waals surface area contributed by atoms with E-state index in [1.807, 2.05) is 0 Å². The molecule has 2 rings (SSSR count). The van der Waals surface area contributed by atoms with Gasteiger partial charge in [-0.2, -0.15) is 0 Å². The van der Waals surface area contributed by atoms with Gasteiger partial charge in [0.15, 0.2) is 0 Å². The molecule has 2 amide bonds. The topological polar surface area (TPSA) is 80.3 Å². The highest BCUT2D eigenvalue weighted by Crippen LogP contribution is 2.27. The zero-order chi connectivity index (χ0) is 23.0. The third-order valence-corrected chi connectivity index (χ3v) is 5.65. The van der Waals surface area contributed by atoms with Crippen molar-refractivity contribution in [3.05, 3.63) is 23.8 Å². The number of hydrogen-bond acceptors (Lipinski definition) is 6. The lowest BCUT2D eigenvalue weighted by atomic mass is 10.0. The quantitative estimate of drug-likeness (QED) is 0.740. The van der Waals surface area contributed by atoms with Crippen LogP contribution in [0.5, 0.6) is 5.75 Å². The Hall–Kier alpha value is -2.16. The van der Waals surface area contributed by atoms with Crippen LogP contribution in [0.3, 0.4) is 0 Å². The van der Waals surface area contributed by atoms with Gasteiger partial charge >= 0.3 is 0 Å². The summed E-state index contributed by atoms with van der Waals surface area (Å²) < 4.78 is 16.8. The summed E-state index contributed by atoms with van der Waals surface area (Å²) in [6, 6.07) is 5.26. The highest BCUT2D eigenvalue weighted by atomic mass is 16.5. The number of rotatable bonds is 6. The number of ether oxygens (including phenoxy) is 3. The molecule has 174 valence electrons. The molecule has 0 saturated heterocycles. The molecule has 1 aromatic rings. The lowest BCUT2D eigenvalue weighted by Gasteiger charge is -2.35. The molecule has 0 aromatic heterocycles. The highest BCUT2D eigenvalue weighted by Gasteiger charge is 2.28. The smallest absolute Gasteiger partial charge is 0.257 e. The molecule has 0 aliphatic carbocycles. The van der Waals surface area contributed by atoms with Crippen LogP contribution in [0.15, 0.2) is 18.2 Å². The Morgan fingerprint density at radius 2 is 2.00 bits per heavy atom. The molecule has 1 aromatic carbocycles. The van der Waals surface area contributed by atoms with E-state index in [0.717, 1.165) is 19.5 Å². The van der Waals surface area contributed by atoms with E-state index in [1.165, 1.54) is 7.11 Å². The Morgan fingerprint density at radius 3 is 2.65 bits per heavy atom. The fraction of sp³-hybridized carbons (Fsp3) is 0.652. The first-order valence-corrected chi connectivity index (χ1v) is 10.9. The molecule has 0 fully saturated rings. The average molecular weight is 436 g/mol. The largest absolute Gasteiger partial charge is 0.491 e. The molecule has 0 saturated carbocycles. The number of methoxy groups -OCH3 is 2. The van der Waals surface area contributed by atoms with Crippen molar-refractivity contribution in [2.75, 3.05) is 59.4 Å². The summed E-state index contributed by atoms with van der Waals surface area (Å²) in [5, 5.41) is 2.77. The second-order valence-corrected chi connectivity index (χ2v) is 8.28. The molecule has 0 bridgehead atoms. The first-order chi connectivity index (χ1) is 14.8. The average Bonchev–Trinajstić information content (AvgIpc) is 2.74. The normalized spacial score (nSPS) is 23.4. The van der Waals surface area contributed by atoms with Crippen molar-refractivity contribution >= 4 is 17.5 Å². The van der Waals surface area contributed by atoms with Gasteiger partial charge in [0.25, 0.3) is 5.91 Å². The molecule has 0 radical (unpaired) electrons. The lowest BCUT2D eigenvalue weighted by molar-refractivity contribution is -0.119. The van der Waals surface area contributed by atoms with Gasteiger partial charge in [0.05, 0.1) is 11.7 Å². The molecule has 1 aliphatic heterocycles. The van der Waals surface area contributed by atoms with Gasteiger partial charge in [0, 0.05) is 52.2 Å². The molecule has 8 nitrogen and oxygen atoms in total. The molecule has 1 N–H and O–H groups in total. The molecule has 31 heavy (non-hydrogen) atoms. The van der Waals surface area contributed by atoms with Crippen molar-refractivity contribution in [1.29, 1.82) is 0 Å². The molecule has 0 unspecified atom stereocenters. The van der Waals surface area contributed by atoms with Crippen LogP contribution < -0.4 is 10.1 Å². The zero-order valence-corrected chi connectivity index (χ0v) is 19.6. The molecule has 3 atom stereocenters. The second-order valence-electron chi connectivity index (χ2n) is 8.28. The lowest BCUT2D eigenvalue weighted by Crippen LogP contribution is -2.46. The number of nitrogens with zero attached hydrogens (tertiary/aromatic N) is 2. The van der Waals surface area contributed by atoms with Crippen molar-refractivity contribution in [2.24, 2.45) is 5.92 Å². The number of benzene rings is 1. The van der Waals surface area contributed by atoms with Gasteiger partial charge in [0.2, 0.25) is 5.91 Å². The number of likely N-dealkylation sites (N-methyl/N-ethyl adjacent to an activating group) is 1. The maximum absolute atomic E-state index is 13.2. The number of carbonyl (C=O) groups is 2. The van der Waals surface area contributed by atoms with Crippen LogP contribution in [-0.4, -0.2) is 87.9 Å². The van der Waals surface area contributed by atoms with Crippen LogP contribution in [0.25, 0.3) is 0 Å². The summed E-state index contributed by atoms with van der Waals surface area (Å²) in [6.07, 6.45) is 0.969. The van der Waals surface area contributed by atoms with E-state index in [1.54, 1.807) is 37.3 Å². The summed E-state index contributed by atoms with van der Waals surface area (Å²) in [5.74, 6) is 0.306. The van der Waals surface area contributed by atoms with Crippen LogP contribution in [-0.2, 0) is 14.3 Å². The van der Waals surface area contributed by atoms with Gasteiger partial charge in [-0.3, -0.25) is 14.5 Å². The summed E-state index contributed by atoms with van der Waals surface area (Å²) in [5.41, 5.74) is 1.02. The summed E-state index contributed by atoms with van der Waals surface area (Å²) >= 11 is 0. The maximum Gasteiger partial charge on any atom is 0.257 e. The van der Waals surface area contributed by atoms with E-state index in [4.69, 9.17) is 14.2 Å². The Balaban J connectivity index is 2.38. The van der Waals surface area contributed by atoms with Crippen LogP contribution in [0.4, 0.5) is 5.69 Å². The van der Waals surface area contributed by atoms with Crippen LogP contribution >= 0.6 is 0 Å². The van der Waals surface area contributed by atoms with E-state index in [9.17, 15) is 9.59 Å². The molecule has 0 spiro atoms. The predicted molar refractivity (Wildman–Crippen MR) is 121 cm³/mol. The number of anilines is 1. The van der Waals surface area contributed by atoms with E-state index in [2.05, 4.69) is 31.0 Å². The number of nitrogens with one attached hydrogen (secondary N) is 1. The molecule has 8 heteroatoms. The van der Waals surface area contributed by atoms with E-state index >= 15 is 0 Å². The number of hydrogen-bond donors (Lipinski definition) is 1. The second kappa shape index (κ2) is 12.0. The Bertz CT molecular complexity index is 742. The van der Waals surface area contributed by atoms with Crippen molar-refractivity contribution in [3.63, 3.8) is 0 Å². The SMILES string of the molecule is CCCN1C[C@@H](C)[C@@H](OC)CN(C)C(=O)c2ccc(NC(=O)COC)cc2OC[C@@H]1C. The zero-order valence-electron chi connectivity index (χ0n) is 19.6. The summed E-state index contributed by atoms with van der Waals surface area (Å²) in [6.45, 7) is 9.16. The van der Waals surface area contributed by atoms with E-state index in [-0.39, 0.29) is 36.5 Å². The highest BCUT2D eigenvalue weighted by molar-refractivity contribution is 5.98. The maximum atomic E-state index is 13.2. The minimum absolute atomic E-state index is 0.0424. The van der Waals surface area contributed by atoms with E-state index < -0.39 is 0 Å². The van der Waals surface area contributed by atoms with Crippen molar-refractivity contribution in [1.82, 2.24) is 9.80 Å². The molecular formula is C23H37N3O5. The minimum atomic E-state index is -0.265. The Labute approximate surface area is 185 Å². The van der Waals surface area contributed by atoms with E-state index in [0.29, 0.717) is 30.2 Å². The first-order valence-electron chi connectivity index (χ1n) is 10.9. The Morgan fingerprint density at radius 1 is 1.26 bits per heavy atom. The van der Waals surface area contributed by atoms with Crippen molar-refractivity contribution in [3.8, 4) is 5.75 Å². The number of fused-ring (bicyclic) bond motifs is 1. The number of carbonyl (C=O) groups excluding carboxylic acids is 2.